The fourth-order valence-electron chi connectivity index (χ4n) is 2.52. The summed E-state index contributed by atoms with van der Waals surface area (Å²) in [6, 6.07) is 9.49. The van der Waals surface area contributed by atoms with Crippen molar-refractivity contribution in [2.45, 2.75) is 20.3 Å². The van der Waals surface area contributed by atoms with E-state index < -0.39 is 5.97 Å². The minimum absolute atomic E-state index is 0.0930. The Morgan fingerprint density at radius 2 is 2.17 bits per heavy atom. The Balaban J connectivity index is 2.13. The van der Waals surface area contributed by atoms with Crippen molar-refractivity contribution >= 4 is 11.6 Å². The molecule has 118 valence electrons. The molecule has 3 aromatic rings. The van der Waals surface area contributed by atoms with Gasteiger partial charge in [-0.05, 0) is 19.4 Å². The zero-order valence-corrected chi connectivity index (χ0v) is 13.0. The fraction of sp³-hybridized carbons (Fsp3) is 0.235. The van der Waals surface area contributed by atoms with E-state index >= 15 is 0 Å². The number of hydrogen-bond acceptors (Lipinski definition) is 5. The van der Waals surface area contributed by atoms with Crippen LogP contribution in [0.5, 0.6) is 5.88 Å². The molecule has 0 unspecified atom stereocenters. The van der Waals surface area contributed by atoms with E-state index in [-0.39, 0.29) is 18.2 Å². The van der Waals surface area contributed by atoms with Gasteiger partial charge in [0.15, 0.2) is 11.3 Å². The first-order valence-electron chi connectivity index (χ1n) is 7.38. The van der Waals surface area contributed by atoms with Gasteiger partial charge in [0.2, 0.25) is 5.88 Å². The molecule has 3 rings (SSSR count). The summed E-state index contributed by atoms with van der Waals surface area (Å²) in [6.07, 6.45) is 1.89. The maximum Gasteiger partial charge on any atom is 0.357 e. The lowest BCUT2D eigenvalue weighted by atomic mass is 10.0. The zero-order valence-electron chi connectivity index (χ0n) is 13.0. The summed E-state index contributed by atoms with van der Waals surface area (Å²) in [4.78, 5) is 16.5. The van der Waals surface area contributed by atoms with Gasteiger partial charge >= 0.3 is 5.97 Å². The smallest absolute Gasteiger partial charge is 0.357 e. The van der Waals surface area contributed by atoms with Gasteiger partial charge in [-0.3, -0.25) is 0 Å². The number of aromatic hydroxyl groups is 1. The third kappa shape index (κ3) is 2.88. The first-order valence-corrected chi connectivity index (χ1v) is 7.38. The van der Waals surface area contributed by atoms with Gasteiger partial charge in [0.05, 0.1) is 18.4 Å². The first-order chi connectivity index (χ1) is 11.1. The van der Waals surface area contributed by atoms with Crippen molar-refractivity contribution in [1.82, 2.24) is 14.6 Å². The van der Waals surface area contributed by atoms with Crippen molar-refractivity contribution in [1.29, 1.82) is 0 Å². The molecule has 1 N–H and O–H groups in total. The summed E-state index contributed by atoms with van der Waals surface area (Å²) in [5.41, 5.74) is 3.01. The molecule has 23 heavy (non-hydrogen) atoms. The highest BCUT2D eigenvalue weighted by molar-refractivity contribution is 5.90. The van der Waals surface area contributed by atoms with Crippen molar-refractivity contribution in [3.63, 3.8) is 0 Å². The minimum Gasteiger partial charge on any atom is -0.493 e. The highest BCUT2D eigenvalue weighted by Crippen LogP contribution is 2.25. The van der Waals surface area contributed by atoms with Crippen molar-refractivity contribution < 1.29 is 14.6 Å². The van der Waals surface area contributed by atoms with Gasteiger partial charge in [0.25, 0.3) is 0 Å². The predicted octanol–water partition coefficient (Wildman–Crippen LogP) is 2.51. The van der Waals surface area contributed by atoms with E-state index in [9.17, 15) is 9.90 Å². The van der Waals surface area contributed by atoms with Gasteiger partial charge in [0, 0.05) is 12.5 Å². The molecule has 0 fully saturated rings. The maximum atomic E-state index is 12.2. The number of carbonyl (C=O) groups excluding carboxylic acids is 1. The average Bonchev–Trinajstić information content (AvgIpc) is 2.99. The van der Waals surface area contributed by atoms with E-state index in [4.69, 9.17) is 4.74 Å². The topological polar surface area (TPSA) is 76.7 Å². The number of aromatic nitrogens is 3. The number of carbonyl (C=O) groups is 1. The van der Waals surface area contributed by atoms with Crippen molar-refractivity contribution in [2.24, 2.45) is 0 Å². The second-order valence-electron chi connectivity index (χ2n) is 5.25. The van der Waals surface area contributed by atoms with Crippen LogP contribution in [0.15, 0.2) is 36.5 Å². The van der Waals surface area contributed by atoms with Crippen molar-refractivity contribution in [3.8, 4) is 5.88 Å². The predicted molar refractivity (Wildman–Crippen MR) is 84.6 cm³/mol. The molecule has 0 aliphatic heterocycles. The van der Waals surface area contributed by atoms with Gasteiger partial charge in [-0.25, -0.2) is 9.78 Å². The first kappa shape index (κ1) is 15.0. The molecular weight excluding hydrogens is 294 g/mol. The highest BCUT2D eigenvalue weighted by atomic mass is 16.5. The molecule has 1 aromatic carbocycles. The Labute approximate surface area is 133 Å². The van der Waals surface area contributed by atoms with Gasteiger partial charge in [0.1, 0.15) is 0 Å². The third-order valence-corrected chi connectivity index (χ3v) is 3.54. The van der Waals surface area contributed by atoms with Crippen LogP contribution >= 0.6 is 0 Å². The molecule has 0 saturated heterocycles. The molecule has 0 saturated carbocycles. The molecule has 0 aliphatic rings. The van der Waals surface area contributed by atoms with Gasteiger partial charge in [-0.2, -0.15) is 9.61 Å². The standard InChI is InChI=1S/C17H17N3O3/c1-3-23-17(22)15-13(10-12-6-4-5-11(2)9-12)16(21)20-14(19-15)7-8-18-20/h4-9,21H,3,10H2,1-2H3. The monoisotopic (exact) mass is 311 g/mol. The Morgan fingerprint density at radius 3 is 2.91 bits per heavy atom. The molecule has 0 atom stereocenters. The Hall–Kier alpha value is -2.89. The summed E-state index contributed by atoms with van der Waals surface area (Å²) in [7, 11) is 0. The Bertz CT molecular complexity index is 871. The molecule has 0 bridgehead atoms. The molecule has 6 heteroatoms. The lowest BCUT2D eigenvalue weighted by Crippen LogP contribution is -2.13. The average molecular weight is 311 g/mol. The van der Waals surface area contributed by atoms with E-state index in [0.29, 0.717) is 17.6 Å². The minimum atomic E-state index is -0.547. The number of aryl methyl sites for hydroxylation is 1. The van der Waals surface area contributed by atoms with Crippen LogP contribution in [0.2, 0.25) is 0 Å². The summed E-state index contributed by atoms with van der Waals surface area (Å²) >= 11 is 0. The quantitative estimate of drug-likeness (QED) is 0.749. The number of rotatable bonds is 4. The lowest BCUT2D eigenvalue weighted by molar-refractivity contribution is 0.0517. The SMILES string of the molecule is CCOC(=O)c1nc2ccnn2c(O)c1Cc1cccc(C)c1. The van der Waals surface area contributed by atoms with Crippen LogP contribution in [0.1, 0.15) is 34.1 Å². The summed E-state index contributed by atoms with van der Waals surface area (Å²) < 4.78 is 6.38. The molecule has 0 aliphatic carbocycles. The summed E-state index contributed by atoms with van der Waals surface area (Å²) in [6.45, 7) is 3.97. The van der Waals surface area contributed by atoms with Crippen LogP contribution in [0.25, 0.3) is 5.65 Å². The van der Waals surface area contributed by atoms with Crippen LogP contribution in [0.4, 0.5) is 0 Å². The van der Waals surface area contributed by atoms with E-state index in [0.717, 1.165) is 11.1 Å². The zero-order chi connectivity index (χ0) is 16.4. The molecular formula is C17H17N3O3. The van der Waals surface area contributed by atoms with E-state index in [1.54, 1.807) is 13.0 Å². The number of nitrogens with zero attached hydrogens (tertiary/aromatic N) is 3. The molecule has 0 spiro atoms. The molecule has 0 amide bonds. The number of ether oxygens (including phenoxy) is 1. The van der Waals surface area contributed by atoms with Crippen LogP contribution in [0.3, 0.4) is 0 Å². The molecule has 0 radical (unpaired) electrons. The normalized spacial score (nSPS) is 10.9. The maximum absolute atomic E-state index is 12.2. The van der Waals surface area contributed by atoms with Gasteiger partial charge in [-0.15, -0.1) is 0 Å². The summed E-state index contributed by atoms with van der Waals surface area (Å²) in [5.74, 6) is -0.640. The van der Waals surface area contributed by atoms with Crippen LogP contribution in [-0.2, 0) is 11.2 Å². The van der Waals surface area contributed by atoms with Gasteiger partial charge < -0.3 is 9.84 Å². The van der Waals surface area contributed by atoms with Crippen molar-refractivity contribution in [2.75, 3.05) is 6.61 Å². The number of hydrogen-bond donors (Lipinski definition) is 1. The summed E-state index contributed by atoms with van der Waals surface area (Å²) in [5, 5.41) is 14.6. The molecule has 2 aromatic heterocycles. The molecule has 6 nitrogen and oxygen atoms in total. The van der Waals surface area contributed by atoms with Gasteiger partial charge in [-0.1, -0.05) is 29.8 Å². The lowest BCUT2D eigenvalue weighted by Gasteiger charge is -2.12. The molecule has 2 heterocycles. The number of fused-ring (bicyclic) bond motifs is 1. The fourth-order valence-corrected chi connectivity index (χ4v) is 2.52. The van der Waals surface area contributed by atoms with Crippen LogP contribution < -0.4 is 0 Å². The highest BCUT2D eigenvalue weighted by Gasteiger charge is 2.22. The Kier molecular flexibility index (Phi) is 3.97. The van der Waals surface area contributed by atoms with Crippen LogP contribution in [-0.4, -0.2) is 32.3 Å². The largest absolute Gasteiger partial charge is 0.493 e. The van der Waals surface area contributed by atoms with E-state index in [1.807, 2.05) is 31.2 Å². The Morgan fingerprint density at radius 1 is 1.35 bits per heavy atom. The number of esters is 1. The van der Waals surface area contributed by atoms with Crippen LogP contribution in [0, 0.1) is 6.92 Å². The number of benzene rings is 1. The second kappa shape index (κ2) is 6.08. The van der Waals surface area contributed by atoms with Crippen molar-refractivity contribution in [3.05, 3.63) is 58.9 Å². The van der Waals surface area contributed by atoms with E-state index in [2.05, 4.69) is 10.1 Å². The third-order valence-electron chi connectivity index (χ3n) is 3.54. The second-order valence-corrected chi connectivity index (χ2v) is 5.25. The van der Waals surface area contributed by atoms with E-state index in [1.165, 1.54) is 10.7 Å².